The quantitative estimate of drug-likeness (QED) is 0.479. The molecule has 0 radical (unpaired) electrons. The summed E-state index contributed by atoms with van der Waals surface area (Å²) < 4.78 is 31.1. The number of aromatic nitrogens is 3. The van der Waals surface area contributed by atoms with Crippen LogP contribution in [0.3, 0.4) is 0 Å². The third-order valence-corrected chi connectivity index (χ3v) is 7.99. The maximum atomic E-state index is 11.6. The van der Waals surface area contributed by atoms with Gasteiger partial charge in [-0.15, -0.1) is 10.2 Å². The van der Waals surface area contributed by atoms with Gasteiger partial charge in [0.1, 0.15) is 11.6 Å². The minimum absolute atomic E-state index is 0.158. The van der Waals surface area contributed by atoms with Gasteiger partial charge in [0.2, 0.25) is 0 Å². The maximum Gasteiger partial charge on any atom is 0.191 e. The van der Waals surface area contributed by atoms with Gasteiger partial charge in [-0.25, -0.2) is 8.42 Å². The number of thioether (sulfide) groups is 1. The molecule has 0 spiro atoms. The van der Waals surface area contributed by atoms with Gasteiger partial charge in [0.25, 0.3) is 0 Å². The molecule has 1 unspecified atom stereocenters. The first-order valence-corrected chi connectivity index (χ1v) is 12.5. The molecule has 1 aliphatic rings. The molecule has 6 nitrogen and oxygen atoms in total. The van der Waals surface area contributed by atoms with Crippen molar-refractivity contribution in [3.63, 3.8) is 0 Å². The molecule has 0 aliphatic carbocycles. The predicted octanol–water partition coefficient (Wildman–Crippen LogP) is 3.40. The smallest absolute Gasteiger partial charge is 0.191 e. The Kier molecular flexibility index (Phi) is 6.70. The minimum atomic E-state index is -2.86. The average Bonchev–Trinajstić information content (AvgIpc) is 3.14. The molecule has 0 N–H and O–H groups in total. The van der Waals surface area contributed by atoms with E-state index in [1.54, 1.807) is 11.8 Å². The Labute approximate surface area is 172 Å². The highest BCUT2D eigenvalue weighted by Crippen LogP contribution is 2.25. The number of hydrogen-bond donors (Lipinski definition) is 0. The van der Waals surface area contributed by atoms with Crippen LogP contribution in [0, 0.1) is 12.8 Å². The predicted molar refractivity (Wildman–Crippen MR) is 113 cm³/mol. The average molecular weight is 424 g/mol. The van der Waals surface area contributed by atoms with Crippen molar-refractivity contribution >= 4 is 21.6 Å². The highest BCUT2D eigenvalue weighted by Gasteiger charge is 2.29. The van der Waals surface area contributed by atoms with Crippen LogP contribution in [0.25, 0.3) is 0 Å². The van der Waals surface area contributed by atoms with Gasteiger partial charge >= 0.3 is 0 Å². The minimum Gasteiger partial charge on any atom is -0.493 e. The fraction of sp³-hybridized carbons (Fsp3) is 0.600. The number of aryl methyl sites for hydroxylation is 1. The summed E-state index contributed by atoms with van der Waals surface area (Å²) in [5.41, 5.74) is 2.61. The normalized spacial score (nSPS) is 18.7. The Bertz CT molecular complexity index is 923. The van der Waals surface area contributed by atoms with Crippen molar-refractivity contribution < 1.29 is 13.2 Å². The van der Waals surface area contributed by atoms with Crippen LogP contribution < -0.4 is 4.74 Å². The van der Waals surface area contributed by atoms with Crippen LogP contribution in [-0.2, 0) is 23.3 Å². The van der Waals surface area contributed by atoms with E-state index in [0.29, 0.717) is 24.7 Å². The van der Waals surface area contributed by atoms with Gasteiger partial charge in [0.05, 0.1) is 18.1 Å². The van der Waals surface area contributed by atoms with Crippen molar-refractivity contribution in [3.8, 4) is 5.75 Å². The van der Waals surface area contributed by atoms with Crippen molar-refractivity contribution in [2.75, 3.05) is 23.9 Å². The Hall–Kier alpha value is -1.54. The summed E-state index contributed by atoms with van der Waals surface area (Å²) in [5.74, 6) is 3.76. The van der Waals surface area contributed by atoms with E-state index in [-0.39, 0.29) is 11.7 Å². The number of nitrogens with zero attached hydrogens (tertiary/aromatic N) is 3. The van der Waals surface area contributed by atoms with Crippen molar-refractivity contribution in [3.05, 3.63) is 35.2 Å². The number of benzene rings is 1. The number of rotatable bonds is 8. The lowest BCUT2D eigenvalue weighted by Gasteiger charge is -2.12. The molecular weight excluding hydrogens is 394 g/mol. The molecule has 1 fully saturated rings. The van der Waals surface area contributed by atoms with E-state index >= 15 is 0 Å². The second-order valence-electron chi connectivity index (χ2n) is 7.80. The van der Waals surface area contributed by atoms with Crippen molar-refractivity contribution in [2.24, 2.45) is 13.0 Å². The molecule has 0 amide bonds. The molecule has 0 saturated carbocycles. The Morgan fingerprint density at radius 2 is 2.11 bits per heavy atom. The Morgan fingerprint density at radius 3 is 2.75 bits per heavy atom. The second-order valence-corrected chi connectivity index (χ2v) is 11.1. The molecule has 3 rings (SSSR count). The Morgan fingerprint density at radius 1 is 1.32 bits per heavy atom. The summed E-state index contributed by atoms with van der Waals surface area (Å²) in [5, 5.41) is 9.35. The summed E-state index contributed by atoms with van der Waals surface area (Å²) in [7, 11) is -0.915. The van der Waals surface area contributed by atoms with Crippen LogP contribution in [0.5, 0.6) is 5.75 Å². The van der Waals surface area contributed by atoms with E-state index in [0.717, 1.165) is 28.9 Å². The topological polar surface area (TPSA) is 74.1 Å². The van der Waals surface area contributed by atoms with Gasteiger partial charge in [0, 0.05) is 19.2 Å². The largest absolute Gasteiger partial charge is 0.493 e. The lowest BCUT2D eigenvalue weighted by atomic mass is 9.98. The zero-order valence-electron chi connectivity index (χ0n) is 17.0. The molecular formula is C20H29N3O3S2. The van der Waals surface area contributed by atoms with Crippen LogP contribution in [0.2, 0.25) is 0 Å². The van der Waals surface area contributed by atoms with E-state index in [9.17, 15) is 8.42 Å². The molecule has 1 atom stereocenters. The first-order chi connectivity index (χ1) is 13.2. The lowest BCUT2D eigenvalue weighted by molar-refractivity contribution is 0.343. The first-order valence-electron chi connectivity index (χ1n) is 9.70. The standard InChI is InChI=1S/C20H29N3O3S2/c1-14(2)18-6-5-17(11-15(18)3)26-8-9-27-20-22-21-19(23(20)4)12-16-7-10-28(24,25)13-16/h5-6,11,14,16H,7-10,12-13H2,1-4H3. The van der Waals surface area contributed by atoms with Gasteiger partial charge in [0.15, 0.2) is 15.0 Å². The molecule has 2 aromatic rings. The maximum absolute atomic E-state index is 11.6. The molecule has 0 bridgehead atoms. The summed E-state index contributed by atoms with van der Waals surface area (Å²) in [6, 6.07) is 6.26. The number of hydrogen-bond acceptors (Lipinski definition) is 6. The van der Waals surface area contributed by atoms with Crippen LogP contribution in [-0.4, -0.2) is 47.0 Å². The number of ether oxygens (including phenoxy) is 1. The first kappa shape index (κ1) is 21.2. The van der Waals surface area contributed by atoms with Crippen molar-refractivity contribution in [1.29, 1.82) is 0 Å². The molecule has 28 heavy (non-hydrogen) atoms. The summed E-state index contributed by atoms with van der Waals surface area (Å²) in [6.45, 7) is 7.10. The molecule has 1 aromatic carbocycles. The summed E-state index contributed by atoms with van der Waals surface area (Å²) in [4.78, 5) is 0. The molecule has 8 heteroatoms. The van der Waals surface area contributed by atoms with E-state index in [2.05, 4.69) is 43.1 Å². The van der Waals surface area contributed by atoms with Gasteiger partial charge in [-0.2, -0.15) is 0 Å². The van der Waals surface area contributed by atoms with E-state index in [4.69, 9.17) is 4.74 Å². The SMILES string of the molecule is Cc1cc(OCCSc2nnc(CC3CCS(=O)(=O)C3)n2C)ccc1C(C)C. The van der Waals surface area contributed by atoms with Crippen molar-refractivity contribution in [1.82, 2.24) is 14.8 Å². The lowest BCUT2D eigenvalue weighted by Crippen LogP contribution is -2.11. The molecule has 1 aromatic heterocycles. The molecule has 154 valence electrons. The van der Waals surface area contributed by atoms with Gasteiger partial charge in [-0.05, 0) is 48.4 Å². The number of sulfone groups is 1. The van der Waals surface area contributed by atoms with Gasteiger partial charge in [-0.1, -0.05) is 31.7 Å². The van der Waals surface area contributed by atoms with E-state index in [1.165, 1.54) is 11.1 Å². The zero-order valence-corrected chi connectivity index (χ0v) is 18.6. The summed E-state index contributed by atoms with van der Waals surface area (Å²) in [6.07, 6.45) is 1.39. The third kappa shape index (κ3) is 5.29. The monoisotopic (exact) mass is 423 g/mol. The summed E-state index contributed by atoms with van der Waals surface area (Å²) >= 11 is 1.60. The van der Waals surface area contributed by atoms with E-state index in [1.807, 2.05) is 17.7 Å². The highest BCUT2D eigenvalue weighted by molar-refractivity contribution is 7.99. The van der Waals surface area contributed by atoms with Crippen LogP contribution in [0.1, 0.15) is 43.1 Å². The molecule has 2 heterocycles. The van der Waals surface area contributed by atoms with Crippen LogP contribution >= 0.6 is 11.8 Å². The van der Waals surface area contributed by atoms with Gasteiger partial charge < -0.3 is 9.30 Å². The fourth-order valence-electron chi connectivity index (χ4n) is 3.62. The highest BCUT2D eigenvalue weighted by atomic mass is 32.2. The molecule has 1 saturated heterocycles. The van der Waals surface area contributed by atoms with Crippen LogP contribution in [0.4, 0.5) is 0 Å². The third-order valence-electron chi connectivity index (χ3n) is 5.17. The van der Waals surface area contributed by atoms with Gasteiger partial charge in [-0.3, -0.25) is 0 Å². The zero-order chi connectivity index (χ0) is 20.3. The fourth-order valence-corrected chi connectivity index (χ4v) is 6.23. The second kappa shape index (κ2) is 8.86. The van der Waals surface area contributed by atoms with E-state index < -0.39 is 9.84 Å². The Balaban J connectivity index is 1.48. The van der Waals surface area contributed by atoms with Crippen molar-refractivity contribution in [2.45, 2.75) is 44.7 Å². The molecule has 1 aliphatic heterocycles. The van der Waals surface area contributed by atoms with Crippen LogP contribution in [0.15, 0.2) is 23.4 Å².